The van der Waals surface area contributed by atoms with E-state index in [2.05, 4.69) is 9.97 Å². The maximum Gasteiger partial charge on any atom is 0.318 e. The van der Waals surface area contributed by atoms with Crippen molar-refractivity contribution in [1.29, 1.82) is 0 Å². The Hall–Kier alpha value is -1.95. The Kier molecular flexibility index (Phi) is 3.54. The van der Waals surface area contributed by atoms with Crippen molar-refractivity contribution in [3.05, 3.63) is 42.1 Å². The average molecular weight is 315 g/mol. The Labute approximate surface area is 131 Å². The maximum atomic E-state index is 12.6. The molecule has 1 saturated carbocycles. The minimum atomic E-state index is -1.21. The van der Waals surface area contributed by atoms with Gasteiger partial charge in [0.25, 0.3) is 0 Å². The lowest BCUT2D eigenvalue weighted by atomic mass is 9.86. The van der Waals surface area contributed by atoms with E-state index in [1.54, 1.807) is 16.6 Å². The second-order valence-corrected chi connectivity index (χ2v) is 7.08. The van der Waals surface area contributed by atoms with Crippen molar-refractivity contribution in [3.8, 4) is 6.01 Å². The molecular weight excluding hydrogens is 298 g/mol. The molecule has 0 radical (unpaired) electrons. The van der Waals surface area contributed by atoms with Crippen molar-refractivity contribution in [2.45, 2.75) is 30.7 Å². The molecule has 2 aliphatic rings. The fraction of sp³-hybridized carbons (Fsp3) is 0.375. The van der Waals surface area contributed by atoms with E-state index in [0.717, 1.165) is 10.5 Å². The zero-order chi connectivity index (χ0) is 14.9. The zero-order valence-electron chi connectivity index (χ0n) is 12.1. The van der Waals surface area contributed by atoms with E-state index < -0.39 is 11.0 Å². The Balaban J connectivity index is 1.52. The molecule has 1 aromatic carbocycles. The van der Waals surface area contributed by atoms with E-state index in [9.17, 15) is 4.21 Å². The van der Waals surface area contributed by atoms with Gasteiger partial charge in [0.1, 0.15) is 5.82 Å². The predicted octanol–water partition coefficient (Wildman–Crippen LogP) is 2.70. The van der Waals surface area contributed by atoms with Crippen LogP contribution in [0.3, 0.4) is 0 Å². The third kappa shape index (κ3) is 2.47. The normalized spacial score (nSPS) is 20.5. The second-order valence-electron chi connectivity index (χ2n) is 5.70. The minimum Gasteiger partial charge on any atom is -0.463 e. The first-order valence-electron chi connectivity index (χ1n) is 7.54. The second kappa shape index (κ2) is 5.68. The summed E-state index contributed by atoms with van der Waals surface area (Å²) >= 11 is 0. The fourth-order valence-electron chi connectivity index (χ4n) is 2.69. The summed E-state index contributed by atoms with van der Waals surface area (Å²) in [5.74, 6) is 1.28. The predicted molar refractivity (Wildman–Crippen MR) is 83.9 cm³/mol. The zero-order valence-corrected chi connectivity index (χ0v) is 13.0. The molecule has 0 N–H and O–H groups in total. The van der Waals surface area contributed by atoms with E-state index in [-0.39, 0.29) is 0 Å². The van der Waals surface area contributed by atoms with Gasteiger partial charge in [-0.3, -0.25) is 4.31 Å². The van der Waals surface area contributed by atoms with Crippen LogP contribution in [-0.2, 0) is 17.5 Å². The first-order valence-corrected chi connectivity index (χ1v) is 8.65. The Morgan fingerprint density at radius 2 is 2.14 bits per heavy atom. The van der Waals surface area contributed by atoms with Gasteiger partial charge in [0, 0.05) is 12.3 Å². The number of rotatable bonds is 4. The molecule has 2 heterocycles. The van der Waals surface area contributed by atoms with Crippen LogP contribution in [0.1, 0.15) is 24.8 Å². The van der Waals surface area contributed by atoms with E-state index in [1.165, 1.54) is 19.3 Å². The molecule has 0 bridgehead atoms. The first kappa shape index (κ1) is 13.7. The molecule has 0 amide bonds. The van der Waals surface area contributed by atoms with Gasteiger partial charge in [-0.25, -0.2) is 9.19 Å². The lowest BCUT2D eigenvalue weighted by Gasteiger charge is -2.24. The molecule has 1 aliphatic heterocycles. The third-order valence-electron chi connectivity index (χ3n) is 4.22. The lowest BCUT2D eigenvalue weighted by Crippen LogP contribution is -2.22. The number of hydrogen-bond acceptors (Lipinski definition) is 4. The monoisotopic (exact) mass is 315 g/mol. The molecule has 6 heteroatoms. The average Bonchev–Trinajstić information content (AvgIpc) is 2.84. The SMILES string of the molecule is O=S1c2ccccc2CN1c1ccnc(OCC2CCC2)n1. The highest BCUT2D eigenvalue weighted by molar-refractivity contribution is 7.86. The van der Waals surface area contributed by atoms with Gasteiger partial charge in [-0.15, -0.1) is 0 Å². The first-order chi connectivity index (χ1) is 10.8. The molecule has 1 aromatic heterocycles. The quantitative estimate of drug-likeness (QED) is 0.870. The van der Waals surface area contributed by atoms with Gasteiger partial charge in [-0.2, -0.15) is 4.98 Å². The number of nitrogens with zero attached hydrogens (tertiary/aromatic N) is 3. The summed E-state index contributed by atoms with van der Waals surface area (Å²) in [6.07, 6.45) is 5.41. The summed E-state index contributed by atoms with van der Waals surface area (Å²) in [5, 5.41) is 0. The van der Waals surface area contributed by atoms with E-state index in [1.807, 2.05) is 24.3 Å². The summed E-state index contributed by atoms with van der Waals surface area (Å²) < 4.78 is 20.0. The molecule has 4 rings (SSSR count). The van der Waals surface area contributed by atoms with Crippen molar-refractivity contribution in [2.24, 2.45) is 5.92 Å². The Bertz CT molecular complexity index is 718. The highest BCUT2D eigenvalue weighted by Gasteiger charge is 2.28. The summed E-state index contributed by atoms with van der Waals surface area (Å²) in [6, 6.07) is 9.93. The maximum absolute atomic E-state index is 12.6. The molecule has 114 valence electrons. The van der Waals surface area contributed by atoms with Gasteiger partial charge >= 0.3 is 6.01 Å². The molecule has 0 saturated heterocycles. The largest absolute Gasteiger partial charge is 0.463 e. The smallest absolute Gasteiger partial charge is 0.318 e. The van der Waals surface area contributed by atoms with Crippen LogP contribution in [0.25, 0.3) is 0 Å². The van der Waals surface area contributed by atoms with Crippen LogP contribution in [0, 0.1) is 5.92 Å². The molecule has 0 spiro atoms. The highest BCUT2D eigenvalue weighted by Crippen LogP contribution is 2.31. The van der Waals surface area contributed by atoms with Crippen LogP contribution in [0.15, 0.2) is 41.4 Å². The Morgan fingerprint density at radius 1 is 1.27 bits per heavy atom. The molecule has 2 aromatic rings. The minimum absolute atomic E-state index is 0.373. The molecule has 5 nitrogen and oxygen atoms in total. The number of anilines is 1. The summed E-state index contributed by atoms with van der Waals surface area (Å²) in [7, 11) is -1.21. The molecule has 1 aliphatic carbocycles. The van der Waals surface area contributed by atoms with Crippen molar-refractivity contribution < 1.29 is 8.95 Å². The summed E-state index contributed by atoms with van der Waals surface area (Å²) in [6.45, 7) is 1.27. The van der Waals surface area contributed by atoms with E-state index >= 15 is 0 Å². The number of ether oxygens (including phenoxy) is 1. The van der Waals surface area contributed by atoms with Gasteiger partial charge in [0.05, 0.1) is 18.0 Å². The number of fused-ring (bicyclic) bond motifs is 1. The van der Waals surface area contributed by atoms with Crippen LogP contribution >= 0.6 is 0 Å². The molecule has 1 atom stereocenters. The molecule has 1 unspecified atom stereocenters. The van der Waals surface area contributed by atoms with Gasteiger partial charge in [0.2, 0.25) is 0 Å². The van der Waals surface area contributed by atoms with Crippen molar-refractivity contribution >= 4 is 16.8 Å². The van der Waals surface area contributed by atoms with Crippen LogP contribution < -0.4 is 9.04 Å². The third-order valence-corrected chi connectivity index (χ3v) is 5.71. The van der Waals surface area contributed by atoms with E-state index in [4.69, 9.17) is 4.74 Å². The van der Waals surface area contributed by atoms with Gasteiger partial charge in [-0.05, 0) is 30.4 Å². The standard InChI is InChI=1S/C16H17N3O2S/c20-22-14-7-2-1-6-13(14)10-19(22)15-8-9-17-16(18-15)21-11-12-4-3-5-12/h1-2,6-9,12H,3-5,10-11H2. The topological polar surface area (TPSA) is 55.3 Å². The van der Waals surface area contributed by atoms with Crippen molar-refractivity contribution in [1.82, 2.24) is 9.97 Å². The lowest BCUT2D eigenvalue weighted by molar-refractivity contribution is 0.170. The van der Waals surface area contributed by atoms with Gasteiger partial charge < -0.3 is 4.74 Å². The number of hydrogen-bond donors (Lipinski definition) is 0. The van der Waals surface area contributed by atoms with Gasteiger partial charge in [0.15, 0.2) is 11.0 Å². The molecular formula is C16H17N3O2S. The highest BCUT2D eigenvalue weighted by atomic mass is 32.2. The molecule has 1 fully saturated rings. The van der Waals surface area contributed by atoms with Crippen LogP contribution in [0.4, 0.5) is 5.82 Å². The van der Waals surface area contributed by atoms with Crippen LogP contribution in [-0.4, -0.2) is 20.8 Å². The van der Waals surface area contributed by atoms with Gasteiger partial charge in [-0.1, -0.05) is 24.6 Å². The summed E-state index contributed by atoms with van der Waals surface area (Å²) in [4.78, 5) is 9.43. The number of benzene rings is 1. The van der Waals surface area contributed by atoms with E-state index in [0.29, 0.717) is 30.9 Å². The Morgan fingerprint density at radius 3 is 2.91 bits per heavy atom. The van der Waals surface area contributed by atoms with Crippen molar-refractivity contribution in [3.63, 3.8) is 0 Å². The van der Waals surface area contributed by atoms with Crippen LogP contribution in [0.2, 0.25) is 0 Å². The molecule has 22 heavy (non-hydrogen) atoms. The fourth-order valence-corrected chi connectivity index (χ4v) is 4.01. The summed E-state index contributed by atoms with van der Waals surface area (Å²) in [5.41, 5.74) is 1.08. The number of aromatic nitrogens is 2. The van der Waals surface area contributed by atoms with Crippen LogP contribution in [0.5, 0.6) is 6.01 Å². The van der Waals surface area contributed by atoms with Crippen molar-refractivity contribution in [2.75, 3.05) is 10.9 Å².